The maximum atomic E-state index is 8.62. The summed E-state index contributed by atoms with van der Waals surface area (Å²) in [7, 11) is 0. The first-order valence-corrected chi connectivity index (χ1v) is 5.66. The van der Waals surface area contributed by atoms with Gasteiger partial charge in [0.1, 0.15) is 6.07 Å². The van der Waals surface area contributed by atoms with Gasteiger partial charge in [-0.1, -0.05) is 12.8 Å². The lowest BCUT2D eigenvalue weighted by molar-refractivity contribution is 0.726. The van der Waals surface area contributed by atoms with Crippen molar-refractivity contribution in [2.24, 2.45) is 0 Å². The van der Waals surface area contributed by atoms with Gasteiger partial charge >= 0.3 is 0 Å². The predicted molar refractivity (Wildman–Crippen MR) is 55.3 cm³/mol. The van der Waals surface area contributed by atoms with Gasteiger partial charge in [-0.25, -0.2) is 0 Å². The summed E-state index contributed by atoms with van der Waals surface area (Å²) in [5.41, 5.74) is 0. The number of nitriles is 1. The van der Waals surface area contributed by atoms with Crippen LogP contribution < -0.4 is 4.90 Å². The summed E-state index contributed by atoms with van der Waals surface area (Å²) >= 11 is 1.33. The highest BCUT2D eigenvalue weighted by Gasteiger charge is 2.13. The van der Waals surface area contributed by atoms with Crippen molar-refractivity contribution in [2.75, 3.05) is 18.0 Å². The molecule has 0 spiro atoms. The molecule has 0 aliphatic carbocycles. The lowest BCUT2D eigenvalue weighted by atomic mass is 10.2. The van der Waals surface area contributed by atoms with Crippen LogP contribution in [-0.4, -0.2) is 22.4 Å². The van der Waals surface area contributed by atoms with Crippen molar-refractivity contribution in [2.45, 2.75) is 25.7 Å². The summed E-state index contributed by atoms with van der Waals surface area (Å²) < 4.78 is 3.97. The number of anilines is 1. The van der Waals surface area contributed by atoms with Crippen LogP contribution in [0.1, 0.15) is 31.5 Å². The Morgan fingerprint density at radius 1 is 1.21 bits per heavy atom. The minimum atomic E-state index is 0.300. The first-order chi connectivity index (χ1) is 6.90. The molecule has 2 heterocycles. The third kappa shape index (κ3) is 2.02. The topological polar surface area (TPSA) is 52.8 Å². The first kappa shape index (κ1) is 9.41. The second-order valence-electron chi connectivity index (χ2n) is 3.41. The van der Waals surface area contributed by atoms with Crippen LogP contribution in [0.3, 0.4) is 0 Å². The van der Waals surface area contributed by atoms with E-state index in [1.165, 1.54) is 37.2 Å². The Balaban J connectivity index is 2.09. The van der Waals surface area contributed by atoms with E-state index in [1.807, 2.05) is 6.07 Å². The van der Waals surface area contributed by atoms with Gasteiger partial charge in [-0.3, -0.25) is 0 Å². The van der Waals surface area contributed by atoms with Gasteiger partial charge in [0.25, 0.3) is 0 Å². The smallest absolute Gasteiger partial charge is 0.245 e. The van der Waals surface area contributed by atoms with Gasteiger partial charge in [0, 0.05) is 24.6 Å². The van der Waals surface area contributed by atoms with E-state index >= 15 is 0 Å². The Kier molecular flexibility index (Phi) is 2.94. The molecule has 0 bridgehead atoms. The van der Waals surface area contributed by atoms with Crippen LogP contribution in [0.4, 0.5) is 5.13 Å². The van der Waals surface area contributed by atoms with E-state index in [4.69, 9.17) is 5.26 Å². The van der Waals surface area contributed by atoms with Gasteiger partial charge in [0.2, 0.25) is 11.0 Å². The number of aromatic nitrogens is 2. The fourth-order valence-corrected chi connectivity index (χ4v) is 2.33. The maximum Gasteiger partial charge on any atom is 0.245 e. The van der Waals surface area contributed by atoms with E-state index in [9.17, 15) is 0 Å². The van der Waals surface area contributed by atoms with E-state index in [0.717, 1.165) is 18.2 Å². The van der Waals surface area contributed by atoms with Crippen molar-refractivity contribution in [1.82, 2.24) is 9.36 Å². The SMILES string of the molecule is N#Cc1nsc(N2CCCCCC2)n1. The number of nitrogens with zero attached hydrogens (tertiary/aromatic N) is 4. The third-order valence-corrected chi connectivity index (χ3v) is 3.17. The molecule has 0 radical (unpaired) electrons. The summed E-state index contributed by atoms with van der Waals surface area (Å²) in [6.07, 6.45) is 5.06. The fourth-order valence-electron chi connectivity index (χ4n) is 1.65. The van der Waals surface area contributed by atoms with Crippen LogP contribution in [0.25, 0.3) is 0 Å². The lowest BCUT2D eigenvalue weighted by Crippen LogP contribution is -2.23. The fraction of sp³-hybridized carbons (Fsp3) is 0.667. The molecule has 0 unspecified atom stereocenters. The molecule has 5 heteroatoms. The highest BCUT2D eigenvalue weighted by molar-refractivity contribution is 7.09. The largest absolute Gasteiger partial charge is 0.347 e. The Morgan fingerprint density at radius 2 is 1.93 bits per heavy atom. The van der Waals surface area contributed by atoms with E-state index in [2.05, 4.69) is 14.3 Å². The van der Waals surface area contributed by atoms with Gasteiger partial charge in [0.15, 0.2) is 0 Å². The van der Waals surface area contributed by atoms with Crippen LogP contribution in [-0.2, 0) is 0 Å². The summed E-state index contributed by atoms with van der Waals surface area (Å²) in [4.78, 5) is 6.41. The van der Waals surface area contributed by atoms with Gasteiger partial charge in [0.05, 0.1) is 0 Å². The van der Waals surface area contributed by atoms with Gasteiger partial charge in [-0.2, -0.15) is 14.6 Å². The maximum absolute atomic E-state index is 8.62. The molecular formula is C9H12N4S. The molecule has 1 aliphatic rings. The molecule has 0 aromatic carbocycles. The quantitative estimate of drug-likeness (QED) is 0.706. The zero-order valence-electron chi connectivity index (χ0n) is 7.94. The minimum Gasteiger partial charge on any atom is -0.347 e. The minimum absolute atomic E-state index is 0.300. The molecule has 1 aromatic heterocycles. The van der Waals surface area contributed by atoms with Crippen LogP contribution in [0.5, 0.6) is 0 Å². The number of rotatable bonds is 1. The molecule has 14 heavy (non-hydrogen) atoms. The Bertz CT molecular complexity index is 333. The molecule has 1 saturated heterocycles. The van der Waals surface area contributed by atoms with Gasteiger partial charge in [-0.05, 0) is 12.8 Å². The molecule has 2 rings (SSSR count). The van der Waals surface area contributed by atoms with Crippen molar-refractivity contribution in [3.05, 3.63) is 5.82 Å². The van der Waals surface area contributed by atoms with E-state index in [0.29, 0.717) is 5.82 Å². The van der Waals surface area contributed by atoms with Crippen molar-refractivity contribution in [3.8, 4) is 6.07 Å². The summed E-state index contributed by atoms with van der Waals surface area (Å²) in [5, 5.41) is 9.52. The summed E-state index contributed by atoms with van der Waals surface area (Å²) in [6, 6.07) is 1.96. The van der Waals surface area contributed by atoms with Crippen molar-refractivity contribution in [3.63, 3.8) is 0 Å². The first-order valence-electron chi connectivity index (χ1n) is 4.89. The molecular weight excluding hydrogens is 196 g/mol. The van der Waals surface area contributed by atoms with Crippen LogP contribution in [0.15, 0.2) is 0 Å². The molecule has 0 amide bonds. The Hall–Kier alpha value is -1.15. The van der Waals surface area contributed by atoms with Crippen molar-refractivity contribution in [1.29, 1.82) is 5.26 Å². The average Bonchev–Trinajstić information content (AvgIpc) is 2.53. The van der Waals surface area contributed by atoms with Crippen LogP contribution in [0, 0.1) is 11.3 Å². The molecule has 4 nitrogen and oxygen atoms in total. The van der Waals surface area contributed by atoms with Gasteiger partial charge in [-0.15, -0.1) is 0 Å². The average molecular weight is 208 g/mol. The molecule has 0 atom stereocenters. The van der Waals surface area contributed by atoms with Crippen LogP contribution >= 0.6 is 11.5 Å². The summed E-state index contributed by atoms with van der Waals surface area (Å²) in [5.74, 6) is 0.300. The van der Waals surface area contributed by atoms with E-state index < -0.39 is 0 Å². The summed E-state index contributed by atoms with van der Waals surface area (Å²) in [6.45, 7) is 2.11. The molecule has 0 N–H and O–H groups in total. The molecule has 1 fully saturated rings. The Labute approximate surface area is 87.4 Å². The van der Waals surface area contributed by atoms with E-state index in [1.54, 1.807) is 0 Å². The number of hydrogen-bond donors (Lipinski definition) is 0. The highest BCUT2D eigenvalue weighted by atomic mass is 32.1. The molecule has 74 valence electrons. The highest BCUT2D eigenvalue weighted by Crippen LogP contribution is 2.20. The lowest BCUT2D eigenvalue weighted by Gasteiger charge is -2.17. The number of hydrogen-bond acceptors (Lipinski definition) is 5. The normalized spacial score (nSPS) is 17.5. The van der Waals surface area contributed by atoms with Crippen LogP contribution in [0.2, 0.25) is 0 Å². The predicted octanol–water partition coefficient (Wildman–Crippen LogP) is 1.79. The van der Waals surface area contributed by atoms with Crippen molar-refractivity contribution >= 4 is 16.7 Å². The molecule has 0 saturated carbocycles. The van der Waals surface area contributed by atoms with Crippen molar-refractivity contribution < 1.29 is 0 Å². The molecule has 1 aliphatic heterocycles. The zero-order valence-corrected chi connectivity index (χ0v) is 8.76. The third-order valence-electron chi connectivity index (χ3n) is 2.39. The Morgan fingerprint density at radius 3 is 2.50 bits per heavy atom. The van der Waals surface area contributed by atoms with E-state index in [-0.39, 0.29) is 0 Å². The monoisotopic (exact) mass is 208 g/mol. The van der Waals surface area contributed by atoms with Gasteiger partial charge < -0.3 is 4.90 Å². The zero-order chi connectivity index (χ0) is 9.80. The second-order valence-corrected chi connectivity index (χ2v) is 4.14. The second kappa shape index (κ2) is 4.38. The molecule has 1 aromatic rings. The standard InChI is InChI=1S/C9H12N4S/c10-7-8-11-9(14-12-8)13-5-3-1-2-4-6-13/h1-6H2.